The van der Waals surface area contributed by atoms with E-state index in [0.29, 0.717) is 13.2 Å². The van der Waals surface area contributed by atoms with E-state index in [1.54, 1.807) is 0 Å². The van der Waals surface area contributed by atoms with Gasteiger partial charge in [-0.3, -0.25) is 0 Å². The van der Waals surface area contributed by atoms with Crippen LogP contribution < -0.4 is 0 Å². The predicted molar refractivity (Wildman–Crippen MR) is 55.1 cm³/mol. The normalized spacial score (nSPS) is 27.2. The molecule has 0 spiro atoms. The third-order valence-corrected chi connectivity index (χ3v) is 2.79. The van der Waals surface area contributed by atoms with Crippen LogP contribution in [0.15, 0.2) is 0 Å². The van der Waals surface area contributed by atoms with Gasteiger partial charge in [-0.2, -0.15) is 0 Å². The molecule has 1 fully saturated rings. The van der Waals surface area contributed by atoms with Crippen LogP contribution in [0, 0.1) is 0 Å². The zero-order valence-corrected chi connectivity index (χ0v) is 9.29. The summed E-state index contributed by atoms with van der Waals surface area (Å²) in [6, 6.07) is 0. The van der Waals surface area contributed by atoms with Gasteiger partial charge in [-0.25, -0.2) is 0 Å². The summed E-state index contributed by atoms with van der Waals surface area (Å²) < 4.78 is 11.3. The molecule has 3 heteroatoms. The van der Waals surface area contributed by atoms with Gasteiger partial charge in [0.1, 0.15) is 6.10 Å². The van der Waals surface area contributed by atoms with Crippen molar-refractivity contribution in [2.75, 3.05) is 13.2 Å². The Balaban J connectivity index is 2.68. The van der Waals surface area contributed by atoms with Crippen molar-refractivity contribution >= 4 is 0 Å². The van der Waals surface area contributed by atoms with E-state index in [4.69, 9.17) is 9.47 Å². The fourth-order valence-corrected chi connectivity index (χ4v) is 2.14. The topological polar surface area (TPSA) is 38.7 Å². The van der Waals surface area contributed by atoms with E-state index in [1.165, 1.54) is 6.42 Å². The van der Waals surface area contributed by atoms with E-state index in [2.05, 4.69) is 0 Å². The summed E-state index contributed by atoms with van der Waals surface area (Å²) in [7, 11) is 0. The molecular formula is C11H22O3. The fourth-order valence-electron chi connectivity index (χ4n) is 2.14. The first-order valence-corrected chi connectivity index (χ1v) is 5.71. The summed E-state index contributed by atoms with van der Waals surface area (Å²) >= 11 is 0. The second kappa shape index (κ2) is 5.69. The average Bonchev–Trinajstić information content (AvgIpc) is 2.32. The van der Waals surface area contributed by atoms with Gasteiger partial charge in [0.05, 0.1) is 0 Å². The van der Waals surface area contributed by atoms with Crippen molar-refractivity contribution in [2.45, 2.75) is 57.8 Å². The molecular weight excluding hydrogens is 180 g/mol. The second-order valence-corrected chi connectivity index (χ2v) is 3.79. The maximum absolute atomic E-state index is 10.0. The highest BCUT2D eigenvalue weighted by Gasteiger charge is 2.40. The van der Waals surface area contributed by atoms with Crippen LogP contribution in [0.2, 0.25) is 0 Å². The molecule has 0 amide bonds. The highest BCUT2D eigenvalue weighted by Crippen LogP contribution is 2.31. The van der Waals surface area contributed by atoms with Crippen molar-refractivity contribution < 1.29 is 14.6 Å². The maximum atomic E-state index is 10.0. The molecule has 0 heterocycles. The van der Waals surface area contributed by atoms with Gasteiger partial charge in [0, 0.05) is 19.6 Å². The minimum absolute atomic E-state index is 0.468. The van der Waals surface area contributed by atoms with Crippen LogP contribution in [-0.2, 0) is 9.47 Å². The molecule has 0 aromatic rings. The number of hydrogen-bond acceptors (Lipinski definition) is 3. The van der Waals surface area contributed by atoms with E-state index in [0.717, 1.165) is 25.7 Å². The van der Waals surface area contributed by atoms with Crippen LogP contribution >= 0.6 is 0 Å². The van der Waals surface area contributed by atoms with E-state index >= 15 is 0 Å². The molecule has 1 aliphatic carbocycles. The molecule has 1 rings (SSSR count). The van der Waals surface area contributed by atoms with Crippen molar-refractivity contribution in [1.82, 2.24) is 0 Å². The molecule has 14 heavy (non-hydrogen) atoms. The number of rotatable bonds is 4. The molecule has 1 saturated carbocycles. The largest absolute Gasteiger partial charge is 0.388 e. The van der Waals surface area contributed by atoms with Crippen LogP contribution in [0.4, 0.5) is 0 Å². The minimum atomic E-state index is -0.722. The van der Waals surface area contributed by atoms with Gasteiger partial charge >= 0.3 is 0 Å². The summed E-state index contributed by atoms with van der Waals surface area (Å²) in [6.45, 7) is 5.07. The van der Waals surface area contributed by atoms with E-state index in [1.807, 2.05) is 13.8 Å². The Bertz CT molecular complexity index is 153. The first kappa shape index (κ1) is 12.0. The van der Waals surface area contributed by atoms with Gasteiger partial charge in [-0.05, 0) is 26.7 Å². The molecule has 84 valence electrons. The summed E-state index contributed by atoms with van der Waals surface area (Å²) in [5.41, 5.74) is 0. The summed E-state index contributed by atoms with van der Waals surface area (Å²) in [5, 5.41) is 10.0. The van der Waals surface area contributed by atoms with Gasteiger partial charge in [0.25, 0.3) is 0 Å². The lowest BCUT2D eigenvalue weighted by molar-refractivity contribution is -0.282. The van der Waals surface area contributed by atoms with Crippen LogP contribution in [0.5, 0.6) is 0 Å². The van der Waals surface area contributed by atoms with E-state index in [9.17, 15) is 5.11 Å². The van der Waals surface area contributed by atoms with Gasteiger partial charge < -0.3 is 14.6 Å². The third kappa shape index (κ3) is 2.69. The lowest BCUT2D eigenvalue weighted by Gasteiger charge is -2.36. The number of aliphatic hydroxyl groups excluding tert-OH is 1. The fraction of sp³-hybridized carbons (Fsp3) is 1.00. The number of hydrogen-bond donors (Lipinski definition) is 1. The smallest absolute Gasteiger partial charge is 0.194 e. The Morgan fingerprint density at radius 1 is 1.14 bits per heavy atom. The van der Waals surface area contributed by atoms with Gasteiger partial charge in [-0.15, -0.1) is 0 Å². The van der Waals surface area contributed by atoms with Crippen molar-refractivity contribution in [3.63, 3.8) is 0 Å². The minimum Gasteiger partial charge on any atom is -0.388 e. The number of aliphatic hydroxyl groups is 1. The summed E-state index contributed by atoms with van der Waals surface area (Å²) in [4.78, 5) is 0. The molecule has 0 bridgehead atoms. The molecule has 1 unspecified atom stereocenters. The first-order chi connectivity index (χ1) is 6.75. The van der Waals surface area contributed by atoms with Crippen molar-refractivity contribution in [1.29, 1.82) is 0 Å². The highest BCUT2D eigenvalue weighted by atomic mass is 16.7. The van der Waals surface area contributed by atoms with Crippen LogP contribution in [0.1, 0.15) is 46.0 Å². The van der Waals surface area contributed by atoms with Crippen LogP contribution in [0.25, 0.3) is 0 Å². The van der Waals surface area contributed by atoms with Gasteiger partial charge in [0.2, 0.25) is 0 Å². The molecule has 1 atom stereocenters. The Morgan fingerprint density at radius 2 is 1.79 bits per heavy atom. The Morgan fingerprint density at radius 3 is 2.36 bits per heavy atom. The van der Waals surface area contributed by atoms with Crippen LogP contribution in [-0.4, -0.2) is 30.2 Å². The maximum Gasteiger partial charge on any atom is 0.194 e. The van der Waals surface area contributed by atoms with Crippen molar-refractivity contribution in [2.24, 2.45) is 0 Å². The predicted octanol–water partition coefficient (Wildman–Crippen LogP) is 2.08. The monoisotopic (exact) mass is 202 g/mol. The first-order valence-electron chi connectivity index (χ1n) is 5.71. The zero-order chi connectivity index (χ0) is 10.4. The van der Waals surface area contributed by atoms with Crippen LogP contribution in [0.3, 0.4) is 0 Å². The summed E-state index contributed by atoms with van der Waals surface area (Å²) in [5.74, 6) is -0.722. The number of ether oxygens (including phenoxy) is 2. The zero-order valence-electron chi connectivity index (χ0n) is 9.29. The molecule has 0 aromatic heterocycles. The lowest BCUT2D eigenvalue weighted by atomic mass is 10.0. The molecule has 0 aromatic carbocycles. The Hall–Kier alpha value is -0.120. The van der Waals surface area contributed by atoms with E-state index in [-0.39, 0.29) is 0 Å². The molecule has 0 radical (unpaired) electrons. The lowest BCUT2D eigenvalue weighted by Crippen LogP contribution is -2.46. The second-order valence-electron chi connectivity index (χ2n) is 3.79. The average molecular weight is 202 g/mol. The SMILES string of the molecule is CCOC1(OCC)CCCCCC1O. The van der Waals surface area contributed by atoms with Crippen molar-refractivity contribution in [3.8, 4) is 0 Å². The molecule has 0 saturated heterocycles. The molecule has 1 N–H and O–H groups in total. The molecule has 0 aliphatic heterocycles. The standard InChI is InChI=1S/C11H22O3/c1-3-13-11(14-4-2)9-7-5-6-8-10(11)12/h10,12H,3-9H2,1-2H3. The molecule has 3 nitrogen and oxygen atoms in total. The van der Waals surface area contributed by atoms with E-state index < -0.39 is 11.9 Å². The summed E-state index contributed by atoms with van der Waals surface area (Å²) in [6.07, 6.45) is 4.46. The Labute approximate surface area is 86.4 Å². The van der Waals surface area contributed by atoms with Crippen molar-refractivity contribution in [3.05, 3.63) is 0 Å². The van der Waals surface area contributed by atoms with Gasteiger partial charge in [0.15, 0.2) is 5.79 Å². The third-order valence-electron chi connectivity index (χ3n) is 2.79. The van der Waals surface area contributed by atoms with Gasteiger partial charge in [-0.1, -0.05) is 12.8 Å². The molecule has 1 aliphatic rings. The quantitative estimate of drug-likeness (QED) is 0.560. The highest BCUT2D eigenvalue weighted by molar-refractivity contribution is 4.82. The Kier molecular flexibility index (Phi) is 4.85.